The molecule has 0 aliphatic carbocycles. The van der Waals surface area contributed by atoms with Crippen molar-refractivity contribution in [3.8, 4) is 0 Å². The predicted octanol–water partition coefficient (Wildman–Crippen LogP) is 0.555. The fourth-order valence-electron chi connectivity index (χ4n) is 3.29. The fourth-order valence-corrected chi connectivity index (χ4v) is 3.29. The molecule has 0 aromatic carbocycles. The molecule has 1 N–H and O–H groups in total. The highest BCUT2D eigenvalue weighted by Crippen LogP contribution is 2.17. The molecule has 148 valence electrons. The van der Waals surface area contributed by atoms with Crippen LogP contribution < -0.4 is 5.32 Å². The Kier molecular flexibility index (Phi) is 12.0. The van der Waals surface area contributed by atoms with Gasteiger partial charge in [-0.3, -0.25) is 9.89 Å². The van der Waals surface area contributed by atoms with E-state index in [1.807, 2.05) is 0 Å². The number of nitrogens with zero attached hydrogens (tertiary/aromatic N) is 4. The molecular formula is C17H36IN5O2. The molecule has 0 spiro atoms. The van der Waals surface area contributed by atoms with Crippen molar-refractivity contribution in [3.63, 3.8) is 0 Å². The number of ether oxygens (including phenoxy) is 2. The first-order valence-electron chi connectivity index (χ1n) is 9.27. The second-order valence-electron chi connectivity index (χ2n) is 6.57. The molecule has 1 atom stereocenters. The van der Waals surface area contributed by atoms with E-state index in [1.54, 1.807) is 7.11 Å². The summed E-state index contributed by atoms with van der Waals surface area (Å²) in [7, 11) is 3.86. The van der Waals surface area contributed by atoms with Crippen molar-refractivity contribution in [1.82, 2.24) is 20.0 Å². The molecule has 8 heteroatoms. The number of likely N-dealkylation sites (tertiary alicyclic amines) is 1. The molecule has 25 heavy (non-hydrogen) atoms. The van der Waals surface area contributed by atoms with Crippen LogP contribution in [0.1, 0.15) is 13.3 Å². The molecule has 7 nitrogen and oxygen atoms in total. The number of hydrogen-bond acceptors (Lipinski definition) is 5. The molecule has 0 saturated carbocycles. The number of halogens is 1. The molecule has 0 bridgehead atoms. The van der Waals surface area contributed by atoms with Crippen LogP contribution in [0.25, 0.3) is 0 Å². The monoisotopic (exact) mass is 469 g/mol. The quantitative estimate of drug-likeness (QED) is 0.319. The van der Waals surface area contributed by atoms with Crippen molar-refractivity contribution in [3.05, 3.63) is 0 Å². The lowest BCUT2D eigenvalue weighted by Gasteiger charge is -2.32. The van der Waals surface area contributed by atoms with E-state index in [9.17, 15) is 0 Å². The van der Waals surface area contributed by atoms with Gasteiger partial charge in [0.25, 0.3) is 0 Å². The first-order valence-corrected chi connectivity index (χ1v) is 9.27. The standard InChI is InChI=1S/C17H35N5O2.HI/c1-4-18-17(19-6-8-20(2)9-12-23-3)22-7-5-16(15-22)21-10-13-24-14-11-21;/h16H,4-15H2,1-3H3,(H,18,19);1H. The first kappa shape index (κ1) is 22.9. The Bertz CT molecular complexity index is 380. The van der Waals surface area contributed by atoms with Crippen LogP contribution in [0.5, 0.6) is 0 Å². The Morgan fingerprint density at radius 1 is 1.28 bits per heavy atom. The van der Waals surface area contributed by atoms with E-state index < -0.39 is 0 Å². The molecule has 2 fully saturated rings. The number of aliphatic imine (C=N–C) groups is 1. The number of rotatable bonds is 8. The van der Waals surface area contributed by atoms with E-state index in [1.165, 1.54) is 6.42 Å². The van der Waals surface area contributed by atoms with E-state index in [0.717, 1.165) is 78.1 Å². The molecule has 2 rings (SSSR count). The third-order valence-corrected chi connectivity index (χ3v) is 4.78. The normalized spacial score (nSPS) is 22.3. The number of guanidine groups is 1. The second-order valence-corrected chi connectivity index (χ2v) is 6.57. The third kappa shape index (κ3) is 7.94. The molecule has 0 aromatic rings. The van der Waals surface area contributed by atoms with Gasteiger partial charge in [-0.15, -0.1) is 24.0 Å². The van der Waals surface area contributed by atoms with Crippen LogP contribution in [0.3, 0.4) is 0 Å². The zero-order chi connectivity index (χ0) is 17.2. The second kappa shape index (κ2) is 13.1. The van der Waals surface area contributed by atoms with Gasteiger partial charge in [0.15, 0.2) is 5.96 Å². The summed E-state index contributed by atoms with van der Waals surface area (Å²) in [6.45, 7) is 12.6. The molecule has 0 radical (unpaired) electrons. The van der Waals surface area contributed by atoms with Crippen molar-refractivity contribution in [2.75, 3.05) is 86.3 Å². The SMILES string of the molecule is CCNC(=NCCN(C)CCOC)N1CCC(N2CCOCC2)C1.I. The zero-order valence-electron chi connectivity index (χ0n) is 16.1. The van der Waals surface area contributed by atoms with Gasteiger partial charge >= 0.3 is 0 Å². The van der Waals surface area contributed by atoms with Gasteiger partial charge in [-0.25, -0.2) is 0 Å². The van der Waals surface area contributed by atoms with Crippen LogP contribution in [0.2, 0.25) is 0 Å². The van der Waals surface area contributed by atoms with Gasteiger partial charge < -0.3 is 24.6 Å². The zero-order valence-corrected chi connectivity index (χ0v) is 18.4. The minimum absolute atomic E-state index is 0. The average molecular weight is 469 g/mol. The molecule has 2 saturated heterocycles. The highest BCUT2D eigenvalue weighted by atomic mass is 127. The van der Waals surface area contributed by atoms with Crippen LogP contribution in [0, 0.1) is 0 Å². The van der Waals surface area contributed by atoms with E-state index in [2.05, 4.69) is 34.0 Å². The molecule has 1 unspecified atom stereocenters. The summed E-state index contributed by atoms with van der Waals surface area (Å²) in [4.78, 5) is 12.1. The molecule has 0 aromatic heterocycles. The van der Waals surface area contributed by atoms with Crippen molar-refractivity contribution < 1.29 is 9.47 Å². The average Bonchev–Trinajstić information content (AvgIpc) is 3.10. The van der Waals surface area contributed by atoms with Crippen molar-refractivity contribution >= 4 is 29.9 Å². The molecule has 2 aliphatic rings. The molecule has 0 amide bonds. The van der Waals surface area contributed by atoms with Gasteiger partial charge in [-0.1, -0.05) is 0 Å². The maximum atomic E-state index is 5.47. The Morgan fingerprint density at radius 3 is 2.72 bits per heavy atom. The number of hydrogen-bond donors (Lipinski definition) is 1. The Morgan fingerprint density at radius 2 is 2.04 bits per heavy atom. The van der Waals surface area contributed by atoms with Crippen molar-refractivity contribution in [1.29, 1.82) is 0 Å². The third-order valence-electron chi connectivity index (χ3n) is 4.78. The summed E-state index contributed by atoms with van der Waals surface area (Å²) < 4.78 is 10.6. The van der Waals surface area contributed by atoms with Crippen LogP contribution in [-0.4, -0.2) is 113 Å². The summed E-state index contributed by atoms with van der Waals surface area (Å²) in [5.41, 5.74) is 0. The van der Waals surface area contributed by atoms with Crippen LogP contribution in [0.15, 0.2) is 4.99 Å². The van der Waals surface area contributed by atoms with Gasteiger partial charge in [-0.2, -0.15) is 0 Å². The molecular weight excluding hydrogens is 433 g/mol. The maximum absolute atomic E-state index is 5.47. The van der Waals surface area contributed by atoms with Crippen molar-refractivity contribution in [2.45, 2.75) is 19.4 Å². The highest BCUT2D eigenvalue weighted by Gasteiger charge is 2.30. The predicted molar refractivity (Wildman–Crippen MR) is 113 cm³/mol. The van der Waals surface area contributed by atoms with Crippen LogP contribution >= 0.6 is 24.0 Å². The lowest BCUT2D eigenvalue weighted by Crippen LogP contribution is -2.46. The van der Waals surface area contributed by atoms with Gasteiger partial charge in [-0.05, 0) is 20.4 Å². The molecule has 2 aliphatic heterocycles. The summed E-state index contributed by atoms with van der Waals surface area (Å²) >= 11 is 0. The Balaban J connectivity index is 0.00000312. The van der Waals surface area contributed by atoms with Gasteiger partial charge in [0, 0.05) is 59.0 Å². The summed E-state index contributed by atoms with van der Waals surface area (Å²) in [6.07, 6.45) is 1.22. The Hall–Kier alpha value is -0.160. The summed E-state index contributed by atoms with van der Waals surface area (Å²) in [6, 6.07) is 0.641. The number of morpholine rings is 1. The number of methoxy groups -OCH3 is 1. The largest absolute Gasteiger partial charge is 0.383 e. The Labute approximate surface area is 170 Å². The van der Waals surface area contributed by atoms with Crippen LogP contribution in [-0.2, 0) is 9.47 Å². The smallest absolute Gasteiger partial charge is 0.194 e. The van der Waals surface area contributed by atoms with Gasteiger partial charge in [0.05, 0.1) is 26.4 Å². The van der Waals surface area contributed by atoms with E-state index in [0.29, 0.717) is 6.04 Å². The van der Waals surface area contributed by atoms with E-state index in [-0.39, 0.29) is 24.0 Å². The molecule has 2 heterocycles. The van der Waals surface area contributed by atoms with E-state index in [4.69, 9.17) is 14.5 Å². The minimum atomic E-state index is 0. The summed E-state index contributed by atoms with van der Waals surface area (Å²) in [5.74, 6) is 1.06. The number of nitrogens with one attached hydrogen (secondary N) is 1. The maximum Gasteiger partial charge on any atom is 0.194 e. The van der Waals surface area contributed by atoms with Crippen molar-refractivity contribution in [2.24, 2.45) is 4.99 Å². The first-order chi connectivity index (χ1) is 11.7. The van der Waals surface area contributed by atoms with Crippen LogP contribution in [0.4, 0.5) is 0 Å². The fraction of sp³-hybridized carbons (Fsp3) is 0.941. The topological polar surface area (TPSA) is 52.6 Å². The number of likely N-dealkylation sites (N-methyl/N-ethyl adjacent to an activating group) is 1. The highest BCUT2D eigenvalue weighted by molar-refractivity contribution is 14.0. The van der Waals surface area contributed by atoms with E-state index >= 15 is 0 Å². The summed E-state index contributed by atoms with van der Waals surface area (Å²) in [5, 5.41) is 3.45. The lowest BCUT2D eigenvalue weighted by atomic mass is 10.2. The lowest BCUT2D eigenvalue weighted by molar-refractivity contribution is 0.0195. The minimum Gasteiger partial charge on any atom is -0.383 e. The van der Waals surface area contributed by atoms with Gasteiger partial charge in [0.1, 0.15) is 0 Å². The van der Waals surface area contributed by atoms with Gasteiger partial charge in [0.2, 0.25) is 0 Å².